The van der Waals surface area contributed by atoms with Gasteiger partial charge in [0.1, 0.15) is 0 Å². The van der Waals surface area contributed by atoms with E-state index in [1.165, 1.54) is 31.6 Å². The Morgan fingerprint density at radius 3 is 2.25 bits per heavy atom. The minimum atomic E-state index is 0.868. The lowest BCUT2D eigenvalue weighted by molar-refractivity contribution is 0.0755. The molecule has 0 nitrogen and oxygen atoms in total. The largest absolute Gasteiger partial charge is 0.0654 e. The van der Waals surface area contributed by atoms with Gasteiger partial charge in [0.25, 0.3) is 0 Å². The number of unbranched alkanes of at least 4 members (excludes halogenated alkanes) is 3. The predicted molar refractivity (Wildman–Crippen MR) is 67.3 cm³/mol. The number of hydrogen-bond acceptors (Lipinski definition) is 0. The van der Waals surface area contributed by atoms with Crippen molar-refractivity contribution in [2.45, 2.75) is 77.6 Å². The van der Waals surface area contributed by atoms with E-state index in [2.05, 4.69) is 6.92 Å². The molecule has 0 aromatic rings. The molecule has 5 aliphatic rings. The maximum Gasteiger partial charge on any atom is -0.0227 e. The Balaban J connectivity index is 1.43. The van der Waals surface area contributed by atoms with E-state index >= 15 is 0 Å². The maximum atomic E-state index is 2.33. The summed E-state index contributed by atoms with van der Waals surface area (Å²) < 4.78 is 0. The minimum absolute atomic E-state index is 0.868. The Bertz CT molecular complexity index is 298. The quantitative estimate of drug-likeness (QED) is 0.574. The summed E-state index contributed by atoms with van der Waals surface area (Å²) in [6.45, 7) is 2.33. The van der Waals surface area contributed by atoms with Crippen molar-refractivity contribution in [2.75, 3.05) is 0 Å². The Morgan fingerprint density at radius 1 is 0.875 bits per heavy atom. The van der Waals surface area contributed by atoms with Crippen LogP contribution in [0.2, 0.25) is 0 Å². The average molecular weight is 218 g/mol. The maximum absolute atomic E-state index is 2.33. The molecule has 0 heteroatoms. The molecule has 2 spiro atoms. The smallest absolute Gasteiger partial charge is 0.0227 e. The molecule has 2 unspecified atom stereocenters. The molecule has 5 saturated carbocycles. The van der Waals surface area contributed by atoms with Crippen LogP contribution in [-0.4, -0.2) is 0 Å². The van der Waals surface area contributed by atoms with Gasteiger partial charge in [-0.2, -0.15) is 0 Å². The van der Waals surface area contributed by atoms with Crippen LogP contribution < -0.4 is 0 Å². The van der Waals surface area contributed by atoms with Crippen LogP contribution in [0.25, 0.3) is 0 Å². The van der Waals surface area contributed by atoms with Crippen molar-refractivity contribution < 1.29 is 0 Å². The molecule has 4 bridgehead atoms. The van der Waals surface area contributed by atoms with Gasteiger partial charge in [-0.25, -0.2) is 0 Å². The summed E-state index contributed by atoms with van der Waals surface area (Å²) in [7, 11) is 0. The van der Waals surface area contributed by atoms with Gasteiger partial charge in [0.2, 0.25) is 0 Å². The molecule has 90 valence electrons. The predicted octanol–water partition coefficient (Wildman–Crippen LogP) is 4.93. The van der Waals surface area contributed by atoms with E-state index in [-0.39, 0.29) is 0 Å². The van der Waals surface area contributed by atoms with E-state index in [4.69, 9.17) is 0 Å². The van der Waals surface area contributed by atoms with Crippen molar-refractivity contribution in [1.29, 1.82) is 0 Å². The van der Waals surface area contributed by atoms with Crippen molar-refractivity contribution in [3.05, 3.63) is 0 Å². The zero-order chi connectivity index (χ0) is 10.9. The molecular weight excluding hydrogens is 192 g/mol. The molecule has 0 saturated heterocycles. The molecule has 0 aromatic heterocycles. The molecule has 0 amide bonds. The molecule has 5 fully saturated rings. The highest BCUT2D eigenvalue weighted by molar-refractivity contribution is 5.30. The summed E-state index contributed by atoms with van der Waals surface area (Å²) in [5.41, 5.74) is 2.73. The Hall–Kier alpha value is 0. The molecule has 0 aliphatic heterocycles. The van der Waals surface area contributed by atoms with E-state index in [9.17, 15) is 0 Å². The van der Waals surface area contributed by atoms with Crippen molar-refractivity contribution in [1.82, 2.24) is 0 Å². The molecule has 5 aliphatic carbocycles. The molecule has 16 heavy (non-hydrogen) atoms. The molecular formula is C16H26. The summed E-state index contributed by atoms with van der Waals surface area (Å²) in [6, 6.07) is 0. The fraction of sp³-hybridized carbons (Fsp3) is 1.00. The van der Waals surface area contributed by atoms with Gasteiger partial charge in [-0.3, -0.25) is 0 Å². The van der Waals surface area contributed by atoms with E-state index in [1.807, 2.05) is 0 Å². The summed E-state index contributed by atoms with van der Waals surface area (Å²) in [5, 5.41) is 0. The van der Waals surface area contributed by atoms with Gasteiger partial charge in [0.05, 0.1) is 0 Å². The Kier molecular flexibility index (Phi) is 1.79. The van der Waals surface area contributed by atoms with Gasteiger partial charge < -0.3 is 0 Å². The fourth-order valence-corrected chi connectivity index (χ4v) is 6.61. The van der Waals surface area contributed by atoms with Crippen LogP contribution in [0, 0.1) is 22.2 Å². The summed E-state index contributed by atoms with van der Waals surface area (Å²) in [6.07, 6.45) is 17.4. The van der Waals surface area contributed by atoms with Gasteiger partial charge in [0.15, 0.2) is 0 Å². The van der Waals surface area contributed by atoms with Crippen molar-refractivity contribution >= 4 is 0 Å². The SMILES string of the molecule is CCCCCCC12CC3C[C@]4(C1)C[C@@]4(C3)C2. The zero-order valence-corrected chi connectivity index (χ0v) is 10.9. The van der Waals surface area contributed by atoms with Gasteiger partial charge in [-0.1, -0.05) is 32.6 Å². The first-order valence-electron chi connectivity index (χ1n) is 7.72. The summed E-state index contributed by atoms with van der Waals surface area (Å²) in [5.74, 6) is 1.17. The van der Waals surface area contributed by atoms with Crippen LogP contribution in [0.5, 0.6) is 0 Å². The van der Waals surface area contributed by atoms with Crippen LogP contribution >= 0.6 is 0 Å². The van der Waals surface area contributed by atoms with Crippen LogP contribution in [0.4, 0.5) is 0 Å². The van der Waals surface area contributed by atoms with E-state index in [1.54, 1.807) is 44.9 Å². The highest BCUT2D eigenvalue weighted by atomic mass is 14.8. The zero-order valence-electron chi connectivity index (χ0n) is 10.9. The Morgan fingerprint density at radius 2 is 1.62 bits per heavy atom. The summed E-state index contributed by atoms with van der Waals surface area (Å²) >= 11 is 0. The van der Waals surface area contributed by atoms with Crippen LogP contribution in [0.15, 0.2) is 0 Å². The van der Waals surface area contributed by atoms with Gasteiger partial charge >= 0.3 is 0 Å². The normalized spacial score (nSPS) is 55.7. The highest BCUT2D eigenvalue weighted by Gasteiger charge is 2.81. The molecule has 0 aromatic carbocycles. The number of rotatable bonds is 5. The second-order valence-electron chi connectivity index (χ2n) is 7.88. The lowest BCUT2D eigenvalue weighted by atomic mass is 9.62. The van der Waals surface area contributed by atoms with Crippen LogP contribution in [-0.2, 0) is 0 Å². The monoisotopic (exact) mass is 218 g/mol. The summed E-state index contributed by atoms with van der Waals surface area (Å²) in [4.78, 5) is 0. The third kappa shape index (κ3) is 1.07. The molecule has 0 radical (unpaired) electrons. The second kappa shape index (κ2) is 2.87. The molecule has 4 atom stereocenters. The fourth-order valence-electron chi connectivity index (χ4n) is 6.61. The molecule has 0 N–H and O–H groups in total. The van der Waals surface area contributed by atoms with Gasteiger partial charge in [-0.15, -0.1) is 0 Å². The third-order valence-electron chi connectivity index (χ3n) is 6.74. The van der Waals surface area contributed by atoms with Crippen LogP contribution in [0.1, 0.15) is 77.6 Å². The van der Waals surface area contributed by atoms with Crippen molar-refractivity contribution in [2.24, 2.45) is 22.2 Å². The first-order valence-corrected chi connectivity index (χ1v) is 7.72. The standard InChI is InChI=1S/C16H26/c1-2-3-4-5-6-14-7-13-8-15(10-14)12-16(15,9-13)11-14/h13H,2-12H2,1H3/t13?,14?,15-,16+. The highest BCUT2D eigenvalue weighted by Crippen LogP contribution is 2.90. The lowest BCUT2D eigenvalue weighted by Crippen LogP contribution is -2.32. The minimum Gasteiger partial charge on any atom is -0.0654 e. The van der Waals surface area contributed by atoms with E-state index in [0.29, 0.717) is 0 Å². The van der Waals surface area contributed by atoms with Gasteiger partial charge in [-0.05, 0) is 67.1 Å². The van der Waals surface area contributed by atoms with Crippen LogP contribution in [0.3, 0.4) is 0 Å². The second-order valence-corrected chi connectivity index (χ2v) is 7.88. The third-order valence-corrected chi connectivity index (χ3v) is 6.74. The molecule has 0 heterocycles. The lowest BCUT2D eigenvalue weighted by Gasteiger charge is -2.43. The van der Waals surface area contributed by atoms with Gasteiger partial charge in [0, 0.05) is 0 Å². The topological polar surface area (TPSA) is 0 Å². The van der Waals surface area contributed by atoms with E-state index < -0.39 is 0 Å². The van der Waals surface area contributed by atoms with Crippen molar-refractivity contribution in [3.63, 3.8) is 0 Å². The van der Waals surface area contributed by atoms with E-state index in [0.717, 1.165) is 16.2 Å². The first kappa shape index (κ1) is 9.97. The van der Waals surface area contributed by atoms with Crippen molar-refractivity contribution in [3.8, 4) is 0 Å². The number of hydrogen-bond donors (Lipinski definition) is 0. The first-order chi connectivity index (χ1) is 7.72. The average Bonchev–Trinajstić information content (AvgIpc) is 2.61. The Labute approximate surface area is 100 Å². The molecule has 5 rings (SSSR count).